The van der Waals surface area contributed by atoms with E-state index < -0.39 is 0 Å². The van der Waals surface area contributed by atoms with Gasteiger partial charge in [0, 0.05) is 24.7 Å². The van der Waals surface area contributed by atoms with E-state index in [-0.39, 0.29) is 0 Å². The van der Waals surface area contributed by atoms with Crippen molar-refractivity contribution in [2.75, 3.05) is 25.0 Å². The summed E-state index contributed by atoms with van der Waals surface area (Å²) in [6.45, 7) is 6.25. The summed E-state index contributed by atoms with van der Waals surface area (Å²) in [4.78, 5) is 2.55. The second-order valence-electron chi connectivity index (χ2n) is 5.03. The lowest BCUT2D eigenvalue weighted by molar-refractivity contribution is 0.251. The summed E-state index contributed by atoms with van der Waals surface area (Å²) in [6.07, 6.45) is 2.66. The molecule has 2 aliphatic heterocycles. The maximum absolute atomic E-state index is 5.81. The van der Waals surface area contributed by atoms with Crippen molar-refractivity contribution in [2.24, 2.45) is 0 Å². The molecule has 1 unspecified atom stereocenters. The Morgan fingerprint density at radius 3 is 3.24 bits per heavy atom. The Morgan fingerprint density at radius 2 is 2.41 bits per heavy atom. The van der Waals surface area contributed by atoms with Gasteiger partial charge in [0.2, 0.25) is 0 Å². The maximum atomic E-state index is 5.81. The average Bonchev–Trinajstić information content (AvgIpc) is 2.76. The zero-order chi connectivity index (χ0) is 11.7. The minimum atomic E-state index is 0.711. The number of nitrogens with zero attached hydrogens (tertiary/aromatic N) is 1. The first-order valence-electron chi connectivity index (χ1n) is 6.57. The largest absolute Gasteiger partial charge is 0.489 e. The molecule has 3 nitrogen and oxygen atoms in total. The van der Waals surface area contributed by atoms with Gasteiger partial charge in [-0.3, -0.25) is 4.90 Å². The summed E-state index contributed by atoms with van der Waals surface area (Å²) in [7, 11) is 0. The first kappa shape index (κ1) is 10.9. The maximum Gasteiger partial charge on any atom is 0.146 e. The van der Waals surface area contributed by atoms with Crippen LogP contribution in [0.3, 0.4) is 0 Å². The van der Waals surface area contributed by atoms with Crippen LogP contribution in [-0.4, -0.2) is 30.6 Å². The fourth-order valence-corrected chi connectivity index (χ4v) is 2.80. The quantitative estimate of drug-likeness (QED) is 0.847. The Bertz CT molecular complexity index is 405. The predicted octanol–water partition coefficient (Wildman–Crippen LogP) is 2.48. The molecule has 1 fully saturated rings. The molecule has 2 aliphatic rings. The van der Waals surface area contributed by atoms with E-state index in [1.807, 2.05) is 0 Å². The summed E-state index contributed by atoms with van der Waals surface area (Å²) in [5.41, 5.74) is 2.48. The minimum Gasteiger partial charge on any atom is -0.489 e. The normalized spacial score (nSPS) is 23.9. The van der Waals surface area contributed by atoms with Gasteiger partial charge in [0.05, 0.1) is 5.69 Å². The summed E-state index contributed by atoms with van der Waals surface area (Å²) < 4.78 is 5.81. The molecule has 1 aromatic carbocycles. The van der Waals surface area contributed by atoms with Crippen molar-refractivity contribution in [3.05, 3.63) is 23.8 Å². The molecule has 3 heteroatoms. The third kappa shape index (κ3) is 2.12. The summed E-state index contributed by atoms with van der Waals surface area (Å²) >= 11 is 0. The van der Waals surface area contributed by atoms with E-state index in [2.05, 4.69) is 35.3 Å². The number of fused-ring (bicyclic) bond motifs is 1. The summed E-state index contributed by atoms with van der Waals surface area (Å²) in [5, 5.41) is 3.40. The number of likely N-dealkylation sites (tertiary alicyclic amines) is 1. The second kappa shape index (κ2) is 4.57. The van der Waals surface area contributed by atoms with Crippen molar-refractivity contribution in [3.8, 4) is 5.75 Å². The van der Waals surface area contributed by atoms with Gasteiger partial charge in [-0.15, -0.1) is 0 Å². The summed E-state index contributed by atoms with van der Waals surface area (Å²) in [6, 6.07) is 7.13. The SMILES string of the molecule is CC1CCCN1Cc1cccc2c1OCCN2. The molecule has 0 radical (unpaired) electrons. The van der Waals surface area contributed by atoms with Gasteiger partial charge in [0.1, 0.15) is 12.4 Å². The van der Waals surface area contributed by atoms with Gasteiger partial charge in [-0.2, -0.15) is 0 Å². The van der Waals surface area contributed by atoms with Crippen LogP contribution in [0.15, 0.2) is 18.2 Å². The van der Waals surface area contributed by atoms with Crippen molar-refractivity contribution < 1.29 is 4.74 Å². The molecule has 1 saturated heterocycles. The van der Waals surface area contributed by atoms with Gasteiger partial charge >= 0.3 is 0 Å². The van der Waals surface area contributed by atoms with E-state index in [0.29, 0.717) is 6.04 Å². The molecule has 0 saturated carbocycles. The molecule has 92 valence electrons. The van der Waals surface area contributed by atoms with Crippen molar-refractivity contribution in [1.29, 1.82) is 0 Å². The number of ether oxygens (including phenoxy) is 1. The lowest BCUT2D eigenvalue weighted by Crippen LogP contribution is -2.27. The highest BCUT2D eigenvalue weighted by Gasteiger charge is 2.22. The van der Waals surface area contributed by atoms with Crippen LogP contribution in [0.4, 0.5) is 5.69 Å². The first-order valence-corrected chi connectivity index (χ1v) is 6.57. The zero-order valence-corrected chi connectivity index (χ0v) is 10.4. The Hall–Kier alpha value is -1.22. The van der Waals surface area contributed by atoms with Crippen LogP contribution in [0.2, 0.25) is 0 Å². The smallest absolute Gasteiger partial charge is 0.146 e. The highest BCUT2D eigenvalue weighted by Crippen LogP contribution is 2.33. The van der Waals surface area contributed by atoms with Gasteiger partial charge < -0.3 is 10.1 Å². The Labute approximate surface area is 103 Å². The van der Waals surface area contributed by atoms with Crippen LogP contribution in [0.25, 0.3) is 0 Å². The zero-order valence-electron chi connectivity index (χ0n) is 10.4. The molecule has 0 aromatic heterocycles. The van der Waals surface area contributed by atoms with Crippen LogP contribution in [0.1, 0.15) is 25.3 Å². The number of benzene rings is 1. The number of rotatable bonds is 2. The van der Waals surface area contributed by atoms with Gasteiger partial charge in [-0.1, -0.05) is 12.1 Å². The third-order valence-electron chi connectivity index (χ3n) is 3.82. The monoisotopic (exact) mass is 232 g/mol. The Balaban J connectivity index is 1.82. The predicted molar refractivity (Wildman–Crippen MR) is 69.5 cm³/mol. The molecule has 0 bridgehead atoms. The second-order valence-corrected chi connectivity index (χ2v) is 5.03. The van der Waals surface area contributed by atoms with E-state index >= 15 is 0 Å². The molecular weight excluding hydrogens is 212 g/mol. The first-order chi connectivity index (χ1) is 8.34. The van der Waals surface area contributed by atoms with Crippen molar-refractivity contribution in [2.45, 2.75) is 32.4 Å². The average molecular weight is 232 g/mol. The number of anilines is 1. The molecule has 0 amide bonds. The highest BCUT2D eigenvalue weighted by molar-refractivity contribution is 5.61. The Morgan fingerprint density at radius 1 is 1.47 bits per heavy atom. The van der Waals surface area contributed by atoms with Gasteiger partial charge in [-0.05, 0) is 32.4 Å². The lowest BCUT2D eigenvalue weighted by Gasteiger charge is -2.26. The van der Waals surface area contributed by atoms with Crippen LogP contribution in [0.5, 0.6) is 5.75 Å². The van der Waals surface area contributed by atoms with Crippen LogP contribution in [-0.2, 0) is 6.54 Å². The number of hydrogen-bond acceptors (Lipinski definition) is 3. The van der Waals surface area contributed by atoms with Gasteiger partial charge in [0.15, 0.2) is 0 Å². The van der Waals surface area contributed by atoms with E-state index in [1.54, 1.807) is 0 Å². The number of para-hydroxylation sites is 1. The number of nitrogens with one attached hydrogen (secondary N) is 1. The highest BCUT2D eigenvalue weighted by atomic mass is 16.5. The van der Waals surface area contributed by atoms with E-state index in [4.69, 9.17) is 4.74 Å². The minimum absolute atomic E-state index is 0.711. The van der Waals surface area contributed by atoms with E-state index in [1.165, 1.54) is 24.9 Å². The topological polar surface area (TPSA) is 24.5 Å². The van der Waals surface area contributed by atoms with Gasteiger partial charge in [-0.25, -0.2) is 0 Å². The molecule has 1 N–H and O–H groups in total. The standard InChI is InChI=1S/C14H20N2O/c1-11-4-3-8-16(11)10-12-5-2-6-13-14(12)17-9-7-15-13/h2,5-6,11,15H,3-4,7-10H2,1H3. The van der Waals surface area contributed by atoms with Crippen LogP contribution in [0, 0.1) is 0 Å². The molecule has 17 heavy (non-hydrogen) atoms. The van der Waals surface area contributed by atoms with Crippen molar-refractivity contribution in [3.63, 3.8) is 0 Å². The molecular formula is C14H20N2O. The van der Waals surface area contributed by atoms with E-state index in [0.717, 1.165) is 31.1 Å². The molecule has 0 aliphatic carbocycles. The molecule has 1 atom stereocenters. The fraction of sp³-hybridized carbons (Fsp3) is 0.571. The Kier molecular flexibility index (Phi) is 2.93. The summed E-state index contributed by atoms with van der Waals surface area (Å²) in [5.74, 6) is 1.07. The lowest BCUT2D eigenvalue weighted by atomic mass is 10.1. The molecule has 0 spiro atoms. The molecule has 2 heterocycles. The molecule has 3 rings (SSSR count). The van der Waals surface area contributed by atoms with Crippen molar-refractivity contribution in [1.82, 2.24) is 4.90 Å². The van der Waals surface area contributed by atoms with Crippen LogP contribution < -0.4 is 10.1 Å². The van der Waals surface area contributed by atoms with E-state index in [9.17, 15) is 0 Å². The third-order valence-corrected chi connectivity index (χ3v) is 3.82. The number of hydrogen-bond donors (Lipinski definition) is 1. The van der Waals surface area contributed by atoms with Gasteiger partial charge in [0.25, 0.3) is 0 Å². The molecule has 1 aromatic rings. The van der Waals surface area contributed by atoms with Crippen LogP contribution >= 0.6 is 0 Å². The fourth-order valence-electron chi connectivity index (χ4n) is 2.80. The van der Waals surface area contributed by atoms with Crippen molar-refractivity contribution >= 4 is 5.69 Å².